The molecular weight excluding hydrogens is 643 g/mol. The van der Waals surface area contributed by atoms with Crippen LogP contribution in [0.15, 0.2) is 70.6 Å². The molecular formula is C30H28ClIN4O4. The van der Waals surface area contributed by atoms with Gasteiger partial charge in [0.15, 0.2) is 18.1 Å². The number of halogens is 2. The number of rotatable bonds is 8. The fraction of sp³-hybridized carbons (Fsp3) is 0.267. The van der Waals surface area contributed by atoms with Crippen LogP contribution in [-0.2, 0) is 4.79 Å². The third-order valence-electron chi connectivity index (χ3n) is 6.80. The van der Waals surface area contributed by atoms with Crippen LogP contribution in [0, 0.1) is 3.57 Å². The number of methoxy groups -OCH3 is 1. The molecule has 1 aliphatic carbocycles. The van der Waals surface area contributed by atoms with Crippen molar-refractivity contribution < 1.29 is 14.3 Å². The van der Waals surface area contributed by atoms with Gasteiger partial charge in [-0.05, 0) is 89.5 Å². The molecule has 5 rings (SSSR count). The van der Waals surface area contributed by atoms with E-state index in [1.54, 1.807) is 42.6 Å². The number of para-hydroxylation sites is 1. The highest BCUT2D eigenvalue weighted by atomic mass is 127. The van der Waals surface area contributed by atoms with Crippen LogP contribution in [0.2, 0.25) is 5.02 Å². The van der Waals surface area contributed by atoms with Crippen LogP contribution >= 0.6 is 34.2 Å². The molecule has 206 valence electrons. The number of amides is 1. The number of carbonyl (C=O) groups is 1. The van der Waals surface area contributed by atoms with Gasteiger partial charge in [-0.25, -0.2) is 4.98 Å². The van der Waals surface area contributed by atoms with Gasteiger partial charge in [-0.15, -0.1) is 0 Å². The Hall–Kier alpha value is -3.44. The van der Waals surface area contributed by atoms with Gasteiger partial charge in [0, 0.05) is 16.6 Å². The van der Waals surface area contributed by atoms with Crippen LogP contribution < -0.4 is 20.3 Å². The fourth-order valence-electron chi connectivity index (χ4n) is 4.82. The molecule has 1 saturated carbocycles. The number of hydrogen-bond donors (Lipinski definition) is 1. The molecule has 0 bridgehead atoms. The summed E-state index contributed by atoms with van der Waals surface area (Å²) >= 11 is 8.03. The second-order valence-corrected chi connectivity index (χ2v) is 11.2. The Labute approximate surface area is 250 Å². The van der Waals surface area contributed by atoms with Gasteiger partial charge in [0.05, 0.1) is 27.8 Å². The summed E-state index contributed by atoms with van der Waals surface area (Å²) in [6.45, 7) is -0.203. The third-order valence-corrected chi connectivity index (χ3v) is 7.85. The van der Waals surface area contributed by atoms with E-state index >= 15 is 0 Å². The van der Waals surface area contributed by atoms with Gasteiger partial charge in [-0.1, -0.05) is 43.0 Å². The van der Waals surface area contributed by atoms with Crippen molar-refractivity contribution in [1.29, 1.82) is 0 Å². The first kappa shape index (κ1) is 28.1. The van der Waals surface area contributed by atoms with Crippen molar-refractivity contribution >= 4 is 62.9 Å². The van der Waals surface area contributed by atoms with E-state index < -0.39 is 0 Å². The lowest BCUT2D eigenvalue weighted by Crippen LogP contribution is -2.25. The SMILES string of the molecule is COc1cc(C=Nn2c(C3CCCCC3)nc3ccccc3c2=O)cc(I)c1OCC(=O)Nc1ccc(Cl)cc1. The minimum Gasteiger partial charge on any atom is -0.493 e. The van der Waals surface area contributed by atoms with E-state index in [1.165, 1.54) is 18.2 Å². The standard InChI is InChI=1S/C30H28ClIN4O4/c1-39-26-16-19(15-24(32)28(26)40-18-27(37)34-22-13-11-21(31)12-14-22)17-33-36-29(20-7-3-2-4-8-20)35-25-10-6-5-9-23(25)30(36)38/h5-6,9-17,20H,2-4,7-8,18H2,1H3,(H,34,37). The molecule has 40 heavy (non-hydrogen) atoms. The Morgan fingerprint density at radius 1 is 1.15 bits per heavy atom. The first-order chi connectivity index (χ1) is 19.4. The molecule has 0 unspecified atom stereocenters. The Morgan fingerprint density at radius 2 is 1.90 bits per heavy atom. The summed E-state index contributed by atoms with van der Waals surface area (Å²) in [5.41, 5.74) is 1.85. The first-order valence-corrected chi connectivity index (χ1v) is 14.5. The van der Waals surface area contributed by atoms with Gasteiger partial charge in [0.1, 0.15) is 5.82 Å². The van der Waals surface area contributed by atoms with E-state index in [-0.39, 0.29) is 24.0 Å². The minimum absolute atomic E-state index is 0.185. The van der Waals surface area contributed by atoms with Crippen LogP contribution in [0.5, 0.6) is 11.5 Å². The van der Waals surface area contributed by atoms with Crippen molar-refractivity contribution in [2.45, 2.75) is 38.0 Å². The van der Waals surface area contributed by atoms with Crippen molar-refractivity contribution in [1.82, 2.24) is 9.66 Å². The number of nitrogens with one attached hydrogen (secondary N) is 1. The molecule has 1 N–H and O–H groups in total. The Balaban J connectivity index is 1.39. The summed E-state index contributed by atoms with van der Waals surface area (Å²) in [7, 11) is 1.53. The van der Waals surface area contributed by atoms with Gasteiger partial charge in [-0.2, -0.15) is 9.78 Å². The molecule has 10 heteroatoms. The van der Waals surface area contributed by atoms with E-state index in [0.717, 1.165) is 29.3 Å². The Bertz CT molecular complexity index is 1620. The zero-order valence-corrected chi connectivity index (χ0v) is 24.8. The number of aromatic nitrogens is 2. The monoisotopic (exact) mass is 670 g/mol. The van der Waals surface area contributed by atoms with Crippen LogP contribution in [0.1, 0.15) is 49.4 Å². The summed E-state index contributed by atoms with van der Waals surface area (Å²) in [4.78, 5) is 30.8. The maximum atomic E-state index is 13.5. The van der Waals surface area contributed by atoms with Crippen molar-refractivity contribution in [3.8, 4) is 11.5 Å². The van der Waals surface area contributed by atoms with Crippen molar-refractivity contribution in [2.24, 2.45) is 5.10 Å². The van der Waals surface area contributed by atoms with Gasteiger partial charge in [0.2, 0.25) is 0 Å². The van der Waals surface area contributed by atoms with Crippen LogP contribution in [0.4, 0.5) is 5.69 Å². The van der Waals surface area contributed by atoms with E-state index in [2.05, 4.69) is 33.0 Å². The largest absolute Gasteiger partial charge is 0.493 e. The lowest BCUT2D eigenvalue weighted by atomic mass is 9.88. The van der Waals surface area contributed by atoms with Gasteiger partial charge >= 0.3 is 0 Å². The molecule has 0 spiro atoms. The van der Waals surface area contributed by atoms with Crippen LogP contribution in [0.3, 0.4) is 0 Å². The predicted molar refractivity (Wildman–Crippen MR) is 166 cm³/mol. The maximum Gasteiger partial charge on any atom is 0.282 e. The molecule has 0 atom stereocenters. The van der Waals surface area contributed by atoms with Crippen LogP contribution in [-0.4, -0.2) is 35.5 Å². The summed E-state index contributed by atoms with van der Waals surface area (Å²) in [5.74, 6) is 1.47. The summed E-state index contributed by atoms with van der Waals surface area (Å²) in [5, 5.41) is 8.51. The number of ether oxygens (including phenoxy) is 2. The molecule has 0 radical (unpaired) electrons. The van der Waals surface area contributed by atoms with Gasteiger partial charge in [0.25, 0.3) is 11.5 Å². The average molecular weight is 671 g/mol. The highest BCUT2D eigenvalue weighted by molar-refractivity contribution is 14.1. The topological polar surface area (TPSA) is 94.8 Å². The highest BCUT2D eigenvalue weighted by Gasteiger charge is 2.22. The van der Waals surface area contributed by atoms with Crippen molar-refractivity contribution in [2.75, 3.05) is 19.0 Å². The normalized spacial score (nSPS) is 14.0. The molecule has 1 aromatic heterocycles. The molecule has 1 amide bonds. The third kappa shape index (κ3) is 6.47. The number of anilines is 1. The average Bonchev–Trinajstić information content (AvgIpc) is 2.97. The maximum absolute atomic E-state index is 13.5. The van der Waals surface area contributed by atoms with Crippen molar-refractivity contribution in [3.05, 3.63) is 91.0 Å². The molecule has 3 aromatic carbocycles. The van der Waals surface area contributed by atoms with E-state index in [4.69, 9.17) is 26.1 Å². The number of nitrogens with zero attached hydrogens (tertiary/aromatic N) is 3. The van der Waals surface area contributed by atoms with E-state index in [9.17, 15) is 9.59 Å². The molecule has 1 aliphatic rings. The lowest BCUT2D eigenvalue weighted by Gasteiger charge is -2.22. The predicted octanol–water partition coefficient (Wildman–Crippen LogP) is 6.61. The number of hydrogen-bond acceptors (Lipinski definition) is 6. The zero-order chi connectivity index (χ0) is 28.1. The fourth-order valence-corrected chi connectivity index (χ4v) is 5.73. The Kier molecular flexibility index (Phi) is 9.01. The summed E-state index contributed by atoms with van der Waals surface area (Å²) in [6.07, 6.45) is 7.05. The second-order valence-electron chi connectivity index (χ2n) is 9.56. The van der Waals surface area contributed by atoms with Crippen LogP contribution in [0.25, 0.3) is 10.9 Å². The lowest BCUT2D eigenvalue weighted by molar-refractivity contribution is -0.118. The molecule has 8 nitrogen and oxygen atoms in total. The smallest absolute Gasteiger partial charge is 0.282 e. The molecule has 0 saturated heterocycles. The van der Waals surface area contributed by atoms with Gasteiger partial charge < -0.3 is 14.8 Å². The summed E-state index contributed by atoms with van der Waals surface area (Å²) in [6, 6.07) is 17.8. The minimum atomic E-state index is -0.316. The first-order valence-electron chi connectivity index (χ1n) is 13.0. The molecule has 1 fully saturated rings. The Morgan fingerprint density at radius 3 is 2.65 bits per heavy atom. The number of benzene rings is 3. The second kappa shape index (κ2) is 12.8. The highest BCUT2D eigenvalue weighted by Crippen LogP contribution is 2.34. The molecule has 0 aliphatic heterocycles. The van der Waals surface area contributed by atoms with E-state index in [0.29, 0.717) is 44.5 Å². The van der Waals surface area contributed by atoms with E-state index in [1.807, 2.05) is 24.3 Å². The molecule has 1 heterocycles. The number of fused-ring (bicyclic) bond motifs is 1. The quantitative estimate of drug-likeness (QED) is 0.168. The molecule has 4 aromatic rings. The zero-order valence-electron chi connectivity index (χ0n) is 21.9. The number of carbonyl (C=O) groups excluding carboxylic acids is 1. The van der Waals surface area contributed by atoms with Crippen molar-refractivity contribution in [3.63, 3.8) is 0 Å². The van der Waals surface area contributed by atoms with Gasteiger partial charge in [-0.3, -0.25) is 9.59 Å². The summed E-state index contributed by atoms with van der Waals surface area (Å²) < 4.78 is 13.6.